The molecular weight excluding hydrogens is 432 g/mol. The van der Waals surface area contributed by atoms with Gasteiger partial charge < -0.3 is 15.0 Å². The van der Waals surface area contributed by atoms with Crippen LogP contribution in [0.25, 0.3) is 11.1 Å². The summed E-state index contributed by atoms with van der Waals surface area (Å²) in [5.41, 5.74) is 6.17. The Morgan fingerprint density at radius 2 is 1.63 bits per heavy atom. The van der Waals surface area contributed by atoms with Crippen molar-refractivity contribution < 1.29 is 9.53 Å². The summed E-state index contributed by atoms with van der Waals surface area (Å²) in [5, 5.41) is 2.84. The lowest BCUT2D eigenvalue weighted by atomic mass is 9.81. The Morgan fingerprint density at radius 3 is 2.37 bits per heavy atom. The molecule has 1 heterocycles. The second-order valence-electron chi connectivity index (χ2n) is 9.98. The lowest BCUT2D eigenvalue weighted by Gasteiger charge is -2.27. The van der Waals surface area contributed by atoms with Gasteiger partial charge in [0.2, 0.25) is 5.91 Å². The van der Waals surface area contributed by atoms with E-state index in [1.54, 1.807) is 0 Å². The minimum absolute atomic E-state index is 0.0475. The largest absolute Gasteiger partial charge is 0.491 e. The molecule has 2 fully saturated rings. The second kappa shape index (κ2) is 11.0. The molecule has 2 aliphatic rings. The number of carbonyl (C=O) groups is 1. The normalized spacial score (nSPS) is 18.4. The molecule has 1 saturated carbocycles. The third kappa shape index (κ3) is 5.70. The van der Waals surface area contributed by atoms with Crippen molar-refractivity contribution in [3.63, 3.8) is 0 Å². The van der Waals surface area contributed by atoms with Crippen LogP contribution in [-0.4, -0.2) is 25.1 Å². The molecule has 0 aromatic heterocycles. The Hall–Kier alpha value is -3.27. The zero-order valence-electron chi connectivity index (χ0n) is 20.7. The van der Waals surface area contributed by atoms with Crippen LogP contribution in [0.2, 0.25) is 0 Å². The van der Waals surface area contributed by atoms with E-state index in [4.69, 9.17) is 4.74 Å². The molecule has 5 rings (SSSR count). The minimum Gasteiger partial charge on any atom is -0.491 e. The van der Waals surface area contributed by atoms with Crippen molar-refractivity contribution in [3.05, 3.63) is 78.4 Å². The molecule has 1 amide bonds. The Balaban J connectivity index is 1.22. The predicted molar refractivity (Wildman–Crippen MR) is 144 cm³/mol. The summed E-state index contributed by atoms with van der Waals surface area (Å²) >= 11 is 0. The highest BCUT2D eigenvalue weighted by atomic mass is 16.5. The van der Waals surface area contributed by atoms with Gasteiger partial charge in [0.15, 0.2) is 0 Å². The monoisotopic (exact) mass is 468 g/mol. The summed E-state index contributed by atoms with van der Waals surface area (Å²) < 4.78 is 6.26. The van der Waals surface area contributed by atoms with Crippen LogP contribution in [-0.2, 0) is 4.79 Å². The molecule has 1 saturated heterocycles. The fraction of sp³-hybridized carbons (Fsp3) is 0.387. The predicted octanol–water partition coefficient (Wildman–Crippen LogP) is 7.41. The van der Waals surface area contributed by atoms with Gasteiger partial charge in [-0.25, -0.2) is 0 Å². The van der Waals surface area contributed by atoms with Crippen molar-refractivity contribution in [3.8, 4) is 16.9 Å². The molecule has 182 valence electrons. The number of hydrogen-bond acceptors (Lipinski definition) is 3. The van der Waals surface area contributed by atoms with Gasteiger partial charge in [0.05, 0.1) is 6.04 Å². The van der Waals surface area contributed by atoms with Crippen molar-refractivity contribution in [1.29, 1.82) is 0 Å². The molecule has 1 aliphatic heterocycles. The zero-order chi connectivity index (χ0) is 24.0. The number of benzene rings is 3. The Labute approximate surface area is 209 Å². The van der Waals surface area contributed by atoms with E-state index in [0.29, 0.717) is 18.6 Å². The Kier molecular flexibility index (Phi) is 7.37. The highest BCUT2D eigenvalue weighted by Gasteiger charge is 2.25. The van der Waals surface area contributed by atoms with Crippen molar-refractivity contribution in [1.82, 2.24) is 0 Å². The molecule has 0 bridgehead atoms. The first kappa shape index (κ1) is 23.5. The summed E-state index contributed by atoms with van der Waals surface area (Å²) in [7, 11) is 0. The fourth-order valence-corrected chi connectivity index (χ4v) is 5.74. The molecule has 1 atom stereocenters. The number of anilines is 2. The average Bonchev–Trinajstić information content (AvgIpc) is 3.37. The molecule has 1 N–H and O–H groups in total. The topological polar surface area (TPSA) is 41.6 Å². The van der Waals surface area contributed by atoms with Gasteiger partial charge in [-0.3, -0.25) is 4.79 Å². The molecule has 4 heteroatoms. The molecule has 0 spiro atoms. The van der Waals surface area contributed by atoms with Crippen LogP contribution >= 0.6 is 0 Å². The molecule has 0 radical (unpaired) electrons. The standard InChI is InChI=1S/C31H36N2O2/c1-23(34)32-26-15-17-27(18-16-26)33-21-7-10-28(33)22-35-29-19-13-25(14-20-29)31-12-6-5-11-30(31)24-8-3-2-4-9-24/h5-6,11-20,24,28H,2-4,7-10,21-22H2,1H3,(H,32,34)/t28-/m0/s1. The molecule has 35 heavy (non-hydrogen) atoms. The fourth-order valence-electron chi connectivity index (χ4n) is 5.74. The van der Waals surface area contributed by atoms with E-state index in [1.165, 1.54) is 67.8 Å². The minimum atomic E-state index is -0.0475. The van der Waals surface area contributed by atoms with Gasteiger partial charge in [-0.1, -0.05) is 55.7 Å². The van der Waals surface area contributed by atoms with Crippen LogP contribution in [0.3, 0.4) is 0 Å². The Morgan fingerprint density at radius 1 is 0.886 bits per heavy atom. The molecular formula is C31H36N2O2. The summed E-state index contributed by atoms with van der Waals surface area (Å²) in [4.78, 5) is 13.7. The Bertz CT molecular complexity index is 1120. The highest BCUT2D eigenvalue weighted by Crippen LogP contribution is 2.38. The molecule has 3 aromatic rings. The van der Waals surface area contributed by atoms with Gasteiger partial charge in [-0.15, -0.1) is 0 Å². The average molecular weight is 469 g/mol. The lowest BCUT2D eigenvalue weighted by Crippen LogP contribution is -2.34. The zero-order valence-corrected chi connectivity index (χ0v) is 20.7. The van der Waals surface area contributed by atoms with Crippen LogP contribution in [0.5, 0.6) is 5.75 Å². The number of carbonyl (C=O) groups excluding carboxylic acids is 1. The molecule has 0 unspecified atom stereocenters. The van der Waals surface area contributed by atoms with Gasteiger partial charge in [-0.05, 0) is 84.7 Å². The third-order valence-corrected chi connectivity index (χ3v) is 7.51. The number of nitrogens with zero attached hydrogens (tertiary/aromatic N) is 1. The quantitative estimate of drug-likeness (QED) is 0.393. The number of nitrogens with one attached hydrogen (secondary N) is 1. The van der Waals surface area contributed by atoms with Crippen LogP contribution in [0.4, 0.5) is 11.4 Å². The van der Waals surface area contributed by atoms with E-state index in [1.807, 2.05) is 12.1 Å². The van der Waals surface area contributed by atoms with Gasteiger partial charge >= 0.3 is 0 Å². The first-order chi connectivity index (χ1) is 17.2. The van der Waals surface area contributed by atoms with E-state index in [0.717, 1.165) is 24.4 Å². The van der Waals surface area contributed by atoms with Gasteiger partial charge in [0.1, 0.15) is 12.4 Å². The van der Waals surface area contributed by atoms with Crippen molar-refractivity contribution in [2.45, 2.75) is 63.8 Å². The number of amides is 1. The van der Waals surface area contributed by atoms with Gasteiger partial charge in [0.25, 0.3) is 0 Å². The number of ether oxygens (including phenoxy) is 1. The smallest absolute Gasteiger partial charge is 0.221 e. The van der Waals surface area contributed by atoms with E-state index in [-0.39, 0.29) is 5.91 Å². The van der Waals surface area contributed by atoms with Crippen LogP contribution < -0.4 is 15.0 Å². The first-order valence-electron chi connectivity index (χ1n) is 13.1. The number of hydrogen-bond donors (Lipinski definition) is 1. The summed E-state index contributed by atoms with van der Waals surface area (Å²) in [6.07, 6.45) is 9.00. The highest BCUT2D eigenvalue weighted by molar-refractivity contribution is 5.88. The van der Waals surface area contributed by atoms with E-state index in [9.17, 15) is 4.79 Å². The summed E-state index contributed by atoms with van der Waals surface area (Å²) in [6.45, 7) is 3.24. The maximum Gasteiger partial charge on any atom is 0.221 e. The van der Waals surface area contributed by atoms with Crippen LogP contribution in [0.1, 0.15) is 63.4 Å². The lowest BCUT2D eigenvalue weighted by molar-refractivity contribution is -0.114. The number of rotatable bonds is 7. The van der Waals surface area contributed by atoms with E-state index < -0.39 is 0 Å². The van der Waals surface area contributed by atoms with Crippen LogP contribution in [0.15, 0.2) is 72.8 Å². The second-order valence-corrected chi connectivity index (χ2v) is 9.98. The van der Waals surface area contributed by atoms with Crippen molar-refractivity contribution >= 4 is 17.3 Å². The first-order valence-corrected chi connectivity index (χ1v) is 13.1. The molecule has 3 aromatic carbocycles. The van der Waals surface area contributed by atoms with E-state index in [2.05, 4.69) is 70.9 Å². The van der Waals surface area contributed by atoms with E-state index >= 15 is 0 Å². The van der Waals surface area contributed by atoms with Crippen LogP contribution in [0, 0.1) is 0 Å². The summed E-state index contributed by atoms with van der Waals surface area (Å²) in [6, 6.07) is 26.1. The molecule has 1 aliphatic carbocycles. The third-order valence-electron chi connectivity index (χ3n) is 7.51. The molecule has 4 nitrogen and oxygen atoms in total. The van der Waals surface area contributed by atoms with Crippen molar-refractivity contribution in [2.24, 2.45) is 0 Å². The van der Waals surface area contributed by atoms with Gasteiger partial charge in [0, 0.05) is 24.8 Å². The van der Waals surface area contributed by atoms with Crippen molar-refractivity contribution in [2.75, 3.05) is 23.4 Å². The van der Waals surface area contributed by atoms with Gasteiger partial charge in [-0.2, -0.15) is 0 Å². The SMILES string of the molecule is CC(=O)Nc1ccc(N2CCC[C@H]2COc2ccc(-c3ccccc3C3CCCCC3)cc2)cc1. The maximum atomic E-state index is 11.3. The summed E-state index contributed by atoms with van der Waals surface area (Å²) in [5.74, 6) is 1.57. The maximum absolute atomic E-state index is 11.3.